The number of ether oxygens (including phenoxy) is 1. The van der Waals surface area contributed by atoms with Gasteiger partial charge in [0.1, 0.15) is 0 Å². The molecule has 204 valence electrons. The van der Waals surface area contributed by atoms with Crippen molar-refractivity contribution in [3.8, 4) is 0 Å². The minimum absolute atomic E-state index is 0.190. The number of carbonyl (C=O) groups excluding carboxylic acids is 1. The molecule has 1 aliphatic carbocycles. The van der Waals surface area contributed by atoms with Gasteiger partial charge in [0.15, 0.2) is 0 Å². The van der Waals surface area contributed by atoms with Crippen LogP contribution in [-0.2, 0) is 9.53 Å². The van der Waals surface area contributed by atoms with E-state index in [2.05, 4.69) is 82.3 Å². The Hall–Kier alpha value is -2.85. The summed E-state index contributed by atoms with van der Waals surface area (Å²) in [5, 5.41) is 2.57. The van der Waals surface area contributed by atoms with Crippen LogP contribution >= 0.6 is 0 Å². The molecule has 4 nitrogen and oxygen atoms in total. The Labute approximate surface area is 229 Å². The third-order valence-electron chi connectivity index (χ3n) is 8.51. The Morgan fingerprint density at radius 2 is 1.89 bits per heavy atom. The second kappa shape index (κ2) is 12.8. The fourth-order valence-corrected chi connectivity index (χ4v) is 6.31. The number of nitrogens with two attached hydrogens (primary N) is 1. The molecular formula is C34H46N2O2. The quantitative estimate of drug-likeness (QED) is 0.389. The number of methoxy groups -OCH3 is 1. The minimum atomic E-state index is 0.190. The van der Waals surface area contributed by atoms with Crippen LogP contribution in [0.3, 0.4) is 0 Å². The molecule has 0 saturated heterocycles. The maximum Gasteiger partial charge on any atom is 0.225 e. The zero-order chi connectivity index (χ0) is 27.2. The second-order valence-corrected chi connectivity index (χ2v) is 11.8. The van der Waals surface area contributed by atoms with Crippen LogP contribution in [0.2, 0.25) is 0 Å². The summed E-state index contributed by atoms with van der Waals surface area (Å²) in [7, 11) is 1.65. The number of amides is 1. The van der Waals surface area contributed by atoms with E-state index in [0.717, 1.165) is 44.3 Å². The van der Waals surface area contributed by atoms with E-state index in [-0.39, 0.29) is 11.9 Å². The molecule has 0 aromatic heterocycles. The largest absolute Gasteiger partial charge is 0.399 e. The summed E-state index contributed by atoms with van der Waals surface area (Å²) >= 11 is 0. The number of hydrogen-bond acceptors (Lipinski definition) is 3. The highest BCUT2D eigenvalue weighted by atomic mass is 16.5. The smallest absolute Gasteiger partial charge is 0.225 e. The molecule has 0 spiro atoms. The Balaban J connectivity index is 1.66. The Bertz CT molecular complexity index is 1220. The molecule has 1 amide bonds. The van der Waals surface area contributed by atoms with Crippen molar-refractivity contribution in [3.63, 3.8) is 0 Å². The number of rotatable bonds is 7. The van der Waals surface area contributed by atoms with Crippen LogP contribution in [-0.4, -0.2) is 37.1 Å². The van der Waals surface area contributed by atoms with Crippen molar-refractivity contribution in [2.75, 3.05) is 20.3 Å². The summed E-state index contributed by atoms with van der Waals surface area (Å²) in [5.41, 5.74) is 13.3. The Morgan fingerprint density at radius 1 is 1.13 bits per heavy atom. The summed E-state index contributed by atoms with van der Waals surface area (Å²) in [6.07, 6.45) is 9.99. The van der Waals surface area contributed by atoms with E-state index in [0.29, 0.717) is 30.8 Å². The molecule has 0 bridgehead atoms. The van der Waals surface area contributed by atoms with Crippen molar-refractivity contribution < 1.29 is 9.53 Å². The zero-order valence-electron chi connectivity index (χ0n) is 24.0. The van der Waals surface area contributed by atoms with Crippen molar-refractivity contribution in [2.45, 2.75) is 72.3 Å². The van der Waals surface area contributed by atoms with Gasteiger partial charge in [-0.3, -0.25) is 4.79 Å². The van der Waals surface area contributed by atoms with Crippen molar-refractivity contribution in [2.24, 2.45) is 23.5 Å². The van der Waals surface area contributed by atoms with Crippen LogP contribution in [0, 0.1) is 17.8 Å². The van der Waals surface area contributed by atoms with E-state index in [9.17, 15) is 4.79 Å². The Kier molecular flexibility index (Phi) is 9.49. The molecule has 2 aliphatic rings. The van der Waals surface area contributed by atoms with Gasteiger partial charge < -0.3 is 15.4 Å². The molecule has 38 heavy (non-hydrogen) atoms. The lowest BCUT2D eigenvalue weighted by Crippen LogP contribution is -2.38. The van der Waals surface area contributed by atoms with Gasteiger partial charge in [-0.2, -0.15) is 0 Å². The molecular weight excluding hydrogens is 468 g/mol. The van der Waals surface area contributed by atoms with Crippen molar-refractivity contribution in [1.29, 1.82) is 0 Å². The number of allylic oxidation sites excluding steroid dienone is 3. The van der Waals surface area contributed by atoms with Gasteiger partial charge in [-0.15, -0.1) is 0 Å². The van der Waals surface area contributed by atoms with Gasteiger partial charge in [0.05, 0.1) is 13.0 Å². The number of hydrogen-bond donors (Lipinski definition) is 1. The average Bonchev–Trinajstić information content (AvgIpc) is 3.08. The zero-order valence-corrected chi connectivity index (χ0v) is 24.0. The predicted molar refractivity (Wildman–Crippen MR) is 159 cm³/mol. The van der Waals surface area contributed by atoms with E-state index >= 15 is 0 Å². The van der Waals surface area contributed by atoms with Crippen LogP contribution in [0.25, 0.3) is 16.3 Å². The van der Waals surface area contributed by atoms with Crippen LogP contribution in [0.15, 0.2) is 71.5 Å². The highest BCUT2D eigenvalue weighted by molar-refractivity contribution is 5.94. The number of fused-ring (bicyclic) bond motifs is 1. The molecule has 0 saturated carbocycles. The molecule has 4 heteroatoms. The van der Waals surface area contributed by atoms with Gasteiger partial charge >= 0.3 is 0 Å². The first-order chi connectivity index (χ1) is 18.3. The molecule has 0 fully saturated rings. The summed E-state index contributed by atoms with van der Waals surface area (Å²) < 4.78 is 5.14. The average molecular weight is 515 g/mol. The number of carbonyl (C=O) groups is 1. The lowest BCUT2D eigenvalue weighted by molar-refractivity contribution is -0.133. The third-order valence-corrected chi connectivity index (χ3v) is 8.51. The maximum atomic E-state index is 12.7. The molecule has 4 rings (SSSR count). The van der Waals surface area contributed by atoms with E-state index < -0.39 is 0 Å². The first kappa shape index (κ1) is 28.2. The predicted octanol–water partition coefficient (Wildman–Crippen LogP) is 7.50. The summed E-state index contributed by atoms with van der Waals surface area (Å²) in [6, 6.07) is 15.5. The van der Waals surface area contributed by atoms with Gasteiger partial charge in [0.2, 0.25) is 5.91 Å². The first-order valence-electron chi connectivity index (χ1n) is 14.4. The van der Waals surface area contributed by atoms with Crippen molar-refractivity contribution >= 4 is 22.3 Å². The summed E-state index contributed by atoms with van der Waals surface area (Å²) in [4.78, 5) is 14.8. The van der Waals surface area contributed by atoms with Gasteiger partial charge in [-0.25, -0.2) is 0 Å². The van der Waals surface area contributed by atoms with E-state index in [1.54, 1.807) is 7.11 Å². The van der Waals surface area contributed by atoms with Gasteiger partial charge in [0.25, 0.3) is 0 Å². The lowest BCUT2D eigenvalue weighted by atomic mass is 9.74. The molecule has 1 aliphatic heterocycles. The topological polar surface area (TPSA) is 55.6 Å². The summed E-state index contributed by atoms with van der Waals surface area (Å²) in [5.74, 6) is 1.73. The van der Waals surface area contributed by atoms with Gasteiger partial charge in [-0.1, -0.05) is 74.9 Å². The Morgan fingerprint density at radius 3 is 2.66 bits per heavy atom. The molecule has 2 N–H and O–H groups in total. The fraction of sp³-hybridized carbons (Fsp3) is 0.500. The monoisotopic (exact) mass is 514 g/mol. The molecule has 1 unspecified atom stereocenters. The molecule has 3 atom stereocenters. The minimum Gasteiger partial charge on any atom is -0.399 e. The number of benzene rings is 2. The van der Waals surface area contributed by atoms with Gasteiger partial charge in [-0.05, 0) is 90.3 Å². The van der Waals surface area contributed by atoms with Gasteiger partial charge in [0, 0.05) is 25.4 Å². The van der Waals surface area contributed by atoms with E-state index in [4.69, 9.17) is 10.5 Å². The molecule has 0 radical (unpaired) electrons. The normalized spacial score (nSPS) is 26.4. The lowest BCUT2D eigenvalue weighted by Gasteiger charge is -2.31. The van der Waals surface area contributed by atoms with Crippen LogP contribution in [0.1, 0.15) is 71.8 Å². The third kappa shape index (κ3) is 6.58. The molecule has 1 heterocycles. The van der Waals surface area contributed by atoms with Crippen LogP contribution in [0.5, 0.6) is 0 Å². The SMILES string of the molecule is COCCC(=O)N1CCC(C/C2=C(N)/C=C(/c3cccc4ccccc34)C(C(C)C)C[C@H](C)C2)=CC[C@H]1C. The maximum absolute atomic E-state index is 12.7. The van der Waals surface area contributed by atoms with Crippen molar-refractivity contribution in [3.05, 3.63) is 77.0 Å². The van der Waals surface area contributed by atoms with E-state index in [1.165, 1.54) is 33.1 Å². The van der Waals surface area contributed by atoms with Crippen LogP contribution in [0.4, 0.5) is 0 Å². The van der Waals surface area contributed by atoms with Crippen molar-refractivity contribution in [1.82, 2.24) is 4.90 Å². The molecule has 2 aromatic rings. The standard InChI is InChI=1S/C34H46N2O2/c1-23(2)31-20-24(3)19-28(21-26-14-13-25(4)36(17-15-26)34(37)16-18-38-5)33(35)22-32(31)30-12-8-10-27-9-6-7-11-29(27)30/h6-12,14,22-25,31H,13,15-21,35H2,1-5H3/b32-22-,33-28-/t24-,25-,31?/m1/s1. The second-order valence-electron chi connectivity index (χ2n) is 11.8. The highest BCUT2D eigenvalue weighted by Crippen LogP contribution is 2.41. The van der Waals surface area contributed by atoms with E-state index in [1.807, 2.05) is 4.90 Å². The first-order valence-corrected chi connectivity index (χ1v) is 14.4. The fourth-order valence-electron chi connectivity index (χ4n) is 6.31. The number of nitrogens with zero attached hydrogens (tertiary/aromatic N) is 1. The highest BCUT2D eigenvalue weighted by Gasteiger charge is 2.28. The van der Waals surface area contributed by atoms with Crippen LogP contribution < -0.4 is 5.73 Å². The molecule has 2 aromatic carbocycles. The summed E-state index contributed by atoms with van der Waals surface area (Å²) in [6.45, 7) is 10.5.